The molecule has 0 bridgehead atoms. The summed E-state index contributed by atoms with van der Waals surface area (Å²) in [5.41, 5.74) is 4.28. The Labute approximate surface area is 195 Å². The van der Waals surface area contributed by atoms with Gasteiger partial charge in [-0.3, -0.25) is 4.90 Å². The van der Waals surface area contributed by atoms with E-state index in [-0.39, 0.29) is 6.03 Å². The van der Waals surface area contributed by atoms with Gasteiger partial charge in [0, 0.05) is 63.8 Å². The quantitative estimate of drug-likeness (QED) is 0.666. The van der Waals surface area contributed by atoms with Gasteiger partial charge in [-0.2, -0.15) is 0 Å². The molecule has 0 atom stereocenters. The first kappa shape index (κ1) is 21.8. The van der Waals surface area contributed by atoms with Gasteiger partial charge in [0.25, 0.3) is 0 Å². The minimum absolute atomic E-state index is 0.176. The topological polar surface area (TPSA) is 39.3 Å². The number of morpholine rings is 1. The summed E-state index contributed by atoms with van der Waals surface area (Å²) in [6.07, 6.45) is 1.13. The molecule has 3 heterocycles. The van der Waals surface area contributed by atoms with Crippen molar-refractivity contribution in [3.05, 3.63) is 65.2 Å². The number of carbonyl (C=O) groups is 1. The molecular weight excluding hydrogens is 420 g/mol. The zero-order valence-corrected chi connectivity index (χ0v) is 19.4. The second kappa shape index (κ2) is 10.3. The molecule has 0 unspecified atom stereocenters. The van der Waals surface area contributed by atoms with Crippen LogP contribution in [0, 0.1) is 0 Å². The van der Waals surface area contributed by atoms with Gasteiger partial charge in [0.2, 0.25) is 0 Å². The number of nitrogens with zero attached hydrogens (tertiary/aromatic N) is 4. The predicted molar refractivity (Wildman–Crippen MR) is 127 cm³/mol. The molecule has 0 radical (unpaired) electrons. The summed E-state index contributed by atoms with van der Waals surface area (Å²) in [6, 6.07) is 18.0. The molecule has 2 fully saturated rings. The molecule has 7 heteroatoms. The number of carbonyl (C=O) groups excluding carboxylic acids is 1. The fraction of sp³-hybridized carbons (Fsp3) is 0.480. The largest absolute Gasteiger partial charge is 0.378 e. The van der Waals surface area contributed by atoms with Crippen LogP contribution in [-0.4, -0.2) is 84.1 Å². The van der Waals surface area contributed by atoms with Crippen molar-refractivity contribution in [1.82, 2.24) is 19.0 Å². The molecule has 6 nitrogen and oxygen atoms in total. The number of benzene rings is 2. The van der Waals surface area contributed by atoms with Crippen LogP contribution in [0.4, 0.5) is 4.79 Å². The molecule has 170 valence electrons. The summed E-state index contributed by atoms with van der Waals surface area (Å²) < 4.78 is 7.82. The van der Waals surface area contributed by atoms with Gasteiger partial charge in [0.15, 0.2) is 0 Å². The van der Waals surface area contributed by atoms with E-state index in [0.717, 1.165) is 52.2 Å². The highest BCUT2D eigenvalue weighted by Gasteiger charge is 2.26. The molecule has 0 aromatic heterocycles. The average molecular weight is 453 g/mol. The minimum Gasteiger partial charge on any atom is -0.378 e. The van der Waals surface area contributed by atoms with Crippen molar-refractivity contribution in [2.24, 2.45) is 0 Å². The lowest BCUT2D eigenvalue weighted by molar-refractivity contribution is 0.0373. The Morgan fingerprint density at radius 2 is 1.50 bits per heavy atom. The number of rotatable bonds is 4. The fourth-order valence-corrected chi connectivity index (χ4v) is 5.60. The molecule has 2 amide bonds. The Balaban J connectivity index is 1.08. The van der Waals surface area contributed by atoms with Crippen LogP contribution in [0.15, 0.2) is 53.4 Å². The van der Waals surface area contributed by atoms with E-state index in [2.05, 4.69) is 57.7 Å². The predicted octanol–water partition coefficient (Wildman–Crippen LogP) is 3.32. The normalized spacial score (nSPS) is 20.2. The number of ether oxygens (including phenoxy) is 1. The van der Waals surface area contributed by atoms with Crippen LogP contribution < -0.4 is 0 Å². The van der Waals surface area contributed by atoms with E-state index in [9.17, 15) is 4.79 Å². The van der Waals surface area contributed by atoms with Gasteiger partial charge in [-0.1, -0.05) is 36.4 Å². The Hall–Kier alpha value is -2.06. The molecule has 5 rings (SSSR count). The molecule has 2 aromatic rings. The molecule has 0 N–H and O–H groups in total. The van der Waals surface area contributed by atoms with Gasteiger partial charge in [-0.15, -0.1) is 0 Å². The first-order valence-electron chi connectivity index (χ1n) is 11.7. The van der Waals surface area contributed by atoms with Crippen LogP contribution in [0.1, 0.15) is 16.7 Å². The van der Waals surface area contributed by atoms with Crippen molar-refractivity contribution >= 4 is 18.0 Å². The monoisotopic (exact) mass is 452 g/mol. The van der Waals surface area contributed by atoms with Gasteiger partial charge < -0.3 is 14.5 Å². The van der Waals surface area contributed by atoms with Gasteiger partial charge in [0.1, 0.15) is 0 Å². The second-order valence-corrected chi connectivity index (χ2v) is 9.93. The van der Waals surface area contributed by atoms with E-state index in [1.54, 1.807) is 0 Å². The molecule has 3 aliphatic rings. The highest BCUT2D eigenvalue weighted by atomic mass is 32.2. The maximum atomic E-state index is 12.7. The maximum Gasteiger partial charge on any atom is 0.320 e. The van der Waals surface area contributed by atoms with E-state index in [1.165, 1.54) is 21.6 Å². The first-order valence-corrected chi connectivity index (χ1v) is 12.4. The average Bonchev–Trinajstić information content (AvgIpc) is 2.86. The Bertz CT molecular complexity index is 908. The van der Waals surface area contributed by atoms with E-state index < -0.39 is 0 Å². The summed E-state index contributed by atoms with van der Waals surface area (Å²) in [5.74, 6) is 0. The van der Waals surface area contributed by atoms with E-state index >= 15 is 0 Å². The Morgan fingerprint density at radius 1 is 0.812 bits per heavy atom. The SMILES string of the molecule is O=C(N1CCOCC1)N1CCN(Cc2ccc(SN3CCc4ccccc4C3)cc2)CC1. The first-order chi connectivity index (χ1) is 15.7. The van der Waals surface area contributed by atoms with Crippen molar-refractivity contribution < 1.29 is 9.53 Å². The fourth-order valence-electron chi connectivity index (χ4n) is 4.66. The molecule has 32 heavy (non-hydrogen) atoms. The number of piperazine rings is 1. The number of urea groups is 1. The molecule has 2 saturated heterocycles. The van der Waals surface area contributed by atoms with Crippen LogP contribution in [0.5, 0.6) is 0 Å². The molecule has 3 aliphatic heterocycles. The standard InChI is InChI=1S/C25H32N4O2S/c30-25(28-15-17-31-18-16-28)27-13-11-26(12-14-27)19-21-5-7-24(8-6-21)32-29-10-9-22-3-1-2-4-23(22)20-29/h1-8H,9-20H2. The molecule has 0 spiro atoms. The molecule has 0 aliphatic carbocycles. The lowest BCUT2D eigenvalue weighted by atomic mass is 10.0. The minimum atomic E-state index is 0.176. The van der Waals surface area contributed by atoms with Crippen LogP contribution >= 0.6 is 11.9 Å². The third-order valence-corrected chi connectivity index (χ3v) is 7.64. The molecular formula is C25H32N4O2S. The van der Waals surface area contributed by atoms with E-state index in [4.69, 9.17) is 4.74 Å². The van der Waals surface area contributed by atoms with Crippen molar-refractivity contribution in [2.75, 3.05) is 59.0 Å². The summed E-state index contributed by atoms with van der Waals surface area (Å²) in [6.45, 7) is 9.27. The van der Waals surface area contributed by atoms with Crippen LogP contribution in [-0.2, 0) is 24.2 Å². The van der Waals surface area contributed by atoms with Crippen molar-refractivity contribution in [1.29, 1.82) is 0 Å². The summed E-state index contributed by atoms with van der Waals surface area (Å²) in [7, 11) is 0. The Kier molecular flexibility index (Phi) is 6.97. The van der Waals surface area contributed by atoms with Crippen LogP contribution in [0.2, 0.25) is 0 Å². The lowest BCUT2D eigenvalue weighted by Gasteiger charge is -2.38. The molecule has 0 saturated carbocycles. The summed E-state index contributed by atoms with van der Waals surface area (Å²) in [4.78, 5) is 20.3. The van der Waals surface area contributed by atoms with Gasteiger partial charge in [0.05, 0.1) is 13.2 Å². The maximum absolute atomic E-state index is 12.7. The third kappa shape index (κ3) is 5.29. The van der Waals surface area contributed by atoms with Gasteiger partial charge >= 0.3 is 6.03 Å². The second-order valence-electron chi connectivity index (χ2n) is 8.76. The highest BCUT2D eigenvalue weighted by molar-refractivity contribution is 7.97. The zero-order chi connectivity index (χ0) is 21.8. The van der Waals surface area contributed by atoms with Crippen molar-refractivity contribution in [3.8, 4) is 0 Å². The number of fused-ring (bicyclic) bond motifs is 1. The van der Waals surface area contributed by atoms with E-state index in [1.807, 2.05) is 21.7 Å². The number of hydrogen-bond acceptors (Lipinski definition) is 5. The highest BCUT2D eigenvalue weighted by Crippen LogP contribution is 2.29. The number of amides is 2. The summed E-state index contributed by atoms with van der Waals surface area (Å²) >= 11 is 1.86. The molecule has 2 aromatic carbocycles. The third-order valence-electron chi connectivity index (χ3n) is 6.58. The zero-order valence-electron chi connectivity index (χ0n) is 18.6. The lowest BCUT2D eigenvalue weighted by Crippen LogP contribution is -2.54. The van der Waals surface area contributed by atoms with Gasteiger partial charge in [-0.25, -0.2) is 9.10 Å². The summed E-state index contributed by atoms with van der Waals surface area (Å²) in [5, 5.41) is 0. The Morgan fingerprint density at radius 3 is 2.25 bits per heavy atom. The number of hydrogen-bond donors (Lipinski definition) is 0. The van der Waals surface area contributed by atoms with E-state index in [0.29, 0.717) is 26.3 Å². The van der Waals surface area contributed by atoms with Gasteiger partial charge in [-0.05, 0) is 47.2 Å². The van der Waals surface area contributed by atoms with Crippen molar-refractivity contribution in [2.45, 2.75) is 24.4 Å². The van der Waals surface area contributed by atoms with Crippen LogP contribution in [0.25, 0.3) is 0 Å². The van der Waals surface area contributed by atoms with Crippen LogP contribution in [0.3, 0.4) is 0 Å². The smallest absolute Gasteiger partial charge is 0.320 e. The van der Waals surface area contributed by atoms with Crippen molar-refractivity contribution in [3.63, 3.8) is 0 Å².